The zero-order chi connectivity index (χ0) is 22.4. The molecule has 31 heavy (non-hydrogen) atoms. The van der Waals surface area contributed by atoms with Crippen molar-refractivity contribution in [1.82, 2.24) is 15.2 Å². The Balaban J connectivity index is 1.69. The van der Waals surface area contributed by atoms with Crippen LogP contribution in [-0.4, -0.2) is 38.3 Å². The number of alkyl halides is 2. The van der Waals surface area contributed by atoms with Gasteiger partial charge in [0.1, 0.15) is 5.75 Å². The summed E-state index contributed by atoms with van der Waals surface area (Å²) in [6.07, 6.45) is 2.61. The number of carbonyl (C=O) groups is 1. The minimum absolute atomic E-state index is 0.0385. The minimum Gasteiger partial charge on any atom is -0.434 e. The number of para-hydroxylation sites is 1. The fraction of sp³-hybridized carbons (Fsp3) is 0.286. The van der Waals surface area contributed by atoms with Crippen LogP contribution in [0.15, 0.2) is 60.0 Å². The predicted molar refractivity (Wildman–Crippen MR) is 112 cm³/mol. The van der Waals surface area contributed by atoms with Crippen molar-refractivity contribution in [3.63, 3.8) is 0 Å². The fourth-order valence-electron chi connectivity index (χ4n) is 3.24. The lowest BCUT2D eigenvalue weighted by molar-refractivity contribution is -0.0500. The number of nitrogens with zero attached hydrogens (tertiary/aromatic N) is 1. The van der Waals surface area contributed by atoms with E-state index in [1.807, 2.05) is 0 Å². The van der Waals surface area contributed by atoms with E-state index in [-0.39, 0.29) is 27.5 Å². The van der Waals surface area contributed by atoms with E-state index < -0.39 is 22.5 Å². The molecule has 2 N–H and O–H groups in total. The van der Waals surface area contributed by atoms with Crippen molar-refractivity contribution in [2.45, 2.75) is 30.8 Å². The Kier molecular flexibility index (Phi) is 7.24. The van der Waals surface area contributed by atoms with Gasteiger partial charge in [-0.25, -0.2) is 8.42 Å². The third-order valence-corrected chi connectivity index (χ3v) is 6.70. The second-order valence-corrected chi connectivity index (χ2v) is 8.86. The molecule has 166 valence electrons. The number of sulfonamides is 1. The maximum absolute atomic E-state index is 12.8. The molecule has 1 saturated heterocycles. The van der Waals surface area contributed by atoms with Crippen LogP contribution in [0.3, 0.4) is 0 Å². The van der Waals surface area contributed by atoms with Gasteiger partial charge in [0.2, 0.25) is 10.0 Å². The topological polar surface area (TPSA) is 87.7 Å². The smallest absolute Gasteiger partial charge is 0.387 e. The van der Waals surface area contributed by atoms with Gasteiger partial charge >= 0.3 is 6.61 Å². The summed E-state index contributed by atoms with van der Waals surface area (Å²) in [6, 6.07) is 11.7. The molecule has 0 saturated carbocycles. The van der Waals surface area contributed by atoms with E-state index in [0.717, 1.165) is 19.3 Å². The van der Waals surface area contributed by atoms with E-state index >= 15 is 0 Å². The first-order valence-corrected chi connectivity index (χ1v) is 11.1. The van der Waals surface area contributed by atoms with Gasteiger partial charge in [-0.05, 0) is 43.2 Å². The number of ether oxygens (including phenoxy) is 1. The second-order valence-electron chi connectivity index (χ2n) is 6.92. The van der Waals surface area contributed by atoms with Crippen LogP contribution in [0.2, 0.25) is 0 Å². The molecular formula is C21H23F2N3O4S. The first kappa shape index (κ1) is 22.7. The molecule has 0 spiro atoms. The average molecular weight is 451 g/mol. The van der Waals surface area contributed by atoms with Crippen LogP contribution in [0.1, 0.15) is 35.2 Å². The van der Waals surface area contributed by atoms with E-state index in [9.17, 15) is 22.0 Å². The summed E-state index contributed by atoms with van der Waals surface area (Å²) in [6.45, 7) is 1.63. The Morgan fingerprint density at radius 2 is 1.74 bits per heavy atom. The molecule has 3 rings (SSSR count). The van der Waals surface area contributed by atoms with Crippen molar-refractivity contribution < 1.29 is 26.7 Å². The van der Waals surface area contributed by atoms with E-state index in [1.54, 1.807) is 6.07 Å². The van der Waals surface area contributed by atoms with E-state index in [4.69, 9.17) is 0 Å². The lowest BCUT2D eigenvalue weighted by atomic mass is 10.1. The van der Waals surface area contributed by atoms with E-state index in [2.05, 4.69) is 22.2 Å². The highest BCUT2D eigenvalue weighted by molar-refractivity contribution is 7.89. The van der Waals surface area contributed by atoms with Crippen LogP contribution in [0.4, 0.5) is 8.78 Å². The maximum Gasteiger partial charge on any atom is 0.387 e. The summed E-state index contributed by atoms with van der Waals surface area (Å²) in [5.41, 5.74) is 5.44. The molecule has 0 aromatic heterocycles. The third kappa shape index (κ3) is 5.59. The van der Waals surface area contributed by atoms with Crippen molar-refractivity contribution >= 4 is 21.6 Å². The van der Waals surface area contributed by atoms with Gasteiger partial charge in [-0.3, -0.25) is 15.6 Å². The number of rotatable bonds is 8. The monoisotopic (exact) mass is 451 g/mol. The van der Waals surface area contributed by atoms with Gasteiger partial charge in [0.05, 0.1) is 10.6 Å². The number of amides is 1. The Morgan fingerprint density at radius 1 is 1.03 bits per heavy atom. The zero-order valence-corrected chi connectivity index (χ0v) is 17.5. The van der Waals surface area contributed by atoms with Gasteiger partial charge in [0.15, 0.2) is 0 Å². The lowest BCUT2D eigenvalue weighted by Crippen LogP contribution is -2.37. The van der Waals surface area contributed by atoms with Crippen LogP contribution < -0.4 is 15.6 Å². The molecule has 0 radical (unpaired) electrons. The number of carbonyl (C=O) groups excluding carboxylic acids is 1. The SMILES string of the molecule is C=C(NNC(=O)c1cccc(S(=O)(=O)N2CCCCC2)c1)c1ccccc1OC(F)F. The molecule has 1 heterocycles. The number of halogens is 2. The molecule has 1 aliphatic heterocycles. The summed E-state index contributed by atoms with van der Waals surface area (Å²) in [7, 11) is -3.68. The largest absolute Gasteiger partial charge is 0.434 e. The highest BCUT2D eigenvalue weighted by Crippen LogP contribution is 2.25. The van der Waals surface area contributed by atoms with E-state index in [0.29, 0.717) is 13.1 Å². The average Bonchev–Trinajstić information content (AvgIpc) is 2.78. The zero-order valence-electron chi connectivity index (χ0n) is 16.7. The summed E-state index contributed by atoms with van der Waals surface area (Å²) < 4.78 is 56.7. The van der Waals surface area contributed by atoms with E-state index in [1.165, 1.54) is 46.8 Å². The molecule has 7 nitrogen and oxygen atoms in total. The number of hydrogen-bond donors (Lipinski definition) is 2. The van der Waals surface area contributed by atoms with Crippen LogP contribution in [0.25, 0.3) is 5.70 Å². The van der Waals surface area contributed by atoms with Gasteiger partial charge in [-0.1, -0.05) is 31.2 Å². The molecule has 1 amide bonds. The number of nitrogens with one attached hydrogen (secondary N) is 2. The number of hydrazine groups is 1. The molecule has 10 heteroatoms. The quantitative estimate of drug-likeness (QED) is 0.601. The normalized spacial score (nSPS) is 14.8. The molecule has 1 fully saturated rings. The van der Waals surface area contributed by atoms with Gasteiger partial charge in [-0.2, -0.15) is 13.1 Å². The molecule has 2 aromatic carbocycles. The highest BCUT2D eigenvalue weighted by atomic mass is 32.2. The van der Waals surface area contributed by atoms with Crippen molar-refractivity contribution in [2.75, 3.05) is 13.1 Å². The lowest BCUT2D eigenvalue weighted by Gasteiger charge is -2.26. The van der Waals surface area contributed by atoms with Crippen molar-refractivity contribution in [1.29, 1.82) is 0 Å². The van der Waals surface area contributed by atoms with Gasteiger partial charge in [0, 0.05) is 24.2 Å². The summed E-state index contributed by atoms with van der Waals surface area (Å²) >= 11 is 0. The van der Waals surface area contributed by atoms with Gasteiger partial charge in [-0.15, -0.1) is 0 Å². The molecule has 0 atom stereocenters. The standard InChI is InChI=1S/C21H23F2N3O4S/c1-15(18-10-3-4-11-19(18)30-21(22)23)24-25-20(27)16-8-7-9-17(14-16)31(28,29)26-12-5-2-6-13-26/h3-4,7-11,14,21,24H,1-2,5-6,12-13H2,(H,25,27). The minimum atomic E-state index is -3.68. The van der Waals surface area contributed by atoms with Crippen LogP contribution in [0.5, 0.6) is 5.75 Å². The molecule has 2 aromatic rings. The first-order valence-electron chi connectivity index (χ1n) is 9.69. The summed E-state index contributed by atoms with van der Waals surface area (Å²) in [4.78, 5) is 12.6. The van der Waals surface area contributed by atoms with Crippen molar-refractivity contribution in [3.8, 4) is 5.75 Å². The predicted octanol–water partition coefficient (Wildman–Crippen LogP) is 3.37. The van der Waals surface area contributed by atoms with Crippen LogP contribution in [-0.2, 0) is 10.0 Å². The Morgan fingerprint density at radius 3 is 2.45 bits per heavy atom. The number of hydrogen-bond acceptors (Lipinski definition) is 5. The molecule has 1 aliphatic rings. The molecule has 0 aliphatic carbocycles. The summed E-state index contributed by atoms with van der Waals surface area (Å²) in [5.74, 6) is -0.706. The molecule has 0 unspecified atom stereocenters. The van der Waals surface area contributed by atoms with Crippen LogP contribution >= 0.6 is 0 Å². The third-order valence-electron chi connectivity index (χ3n) is 4.80. The highest BCUT2D eigenvalue weighted by Gasteiger charge is 2.26. The Hall–Kier alpha value is -2.98. The van der Waals surface area contributed by atoms with Gasteiger partial charge < -0.3 is 4.74 Å². The van der Waals surface area contributed by atoms with Crippen molar-refractivity contribution in [2.24, 2.45) is 0 Å². The summed E-state index contributed by atoms with van der Waals surface area (Å²) in [5, 5.41) is 0. The fourth-order valence-corrected chi connectivity index (χ4v) is 4.80. The number of benzene rings is 2. The van der Waals surface area contributed by atoms with Crippen molar-refractivity contribution in [3.05, 3.63) is 66.2 Å². The Labute approximate surface area is 179 Å². The van der Waals surface area contributed by atoms with Crippen LogP contribution in [0, 0.1) is 0 Å². The second kappa shape index (κ2) is 9.88. The molecule has 0 bridgehead atoms. The number of piperidine rings is 1. The maximum atomic E-state index is 12.8. The first-order chi connectivity index (χ1) is 14.8. The van der Waals surface area contributed by atoms with Gasteiger partial charge in [0.25, 0.3) is 5.91 Å². The molecular weight excluding hydrogens is 428 g/mol. The Bertz CT molecular complexity index is 1050.